The van der Waals surface area contributed by atoms with Crippen molar-refractivity contribution in [3.05, 3.63) is 63.5 Å². The Morgan fingerprint density at radius 3 is 2.43 bits per heavy atom. The lowest BCUT2D eigenvalue weighted by Gasteiger charge is -2.42. The van der Waals surface area contributed by atoms with Crippen molar-refractivity contribution in [2.24, 2.45) is 5.41 Å². The molecule has 2 aliphatic heterocycles. The van der Waals surface area contributed by atoms with Crippen molar-refractivity contribution in [3.8, 4) is 0 Å². The number of ether oxygens (including phenoxy) is 2. The molecule has 190 valence electrons. The molecular formula is C27H31F3INO3. The summed E-state index contributed by atoms with van der Waals surface area (Å²) in [7, 11) is 0. The van der Waals surface area contributed by atoms with Crippen LogP contribution >= 0.6 is 22.6 Å². The van der Waals surface area contributed by atoms with Gasteiger partial charge in [0.2, 0.25) is 0 Å². The van der Waals surface area contributed by atoms with E-state index in [4.69, 9.17) is 14.5 Å². The molecule has 1 aromatic heterocycles. The largest absolute Gasteiger partial charge is 0.416 e. The lowest BCUT2D eigenvalue weighted by atomic mass is 9.70. The molecule has 2 aromatic rings. The van der Waals surface area contributed by atoms with E-state index >= 15 is 0 Å². The van der Waals surface area contributed by atoms with Crippen LogP contribution in [0.15, 0.2) is 24.3 Å². The highest BCUT2D eigenvalue weighted by atomic mass is 127. The van der Waals surface area contributed by atoms with Crippen LogP contribution in [0.5, 0.6) is 0 Å². The van der Waals surface area contributed by atoms with Gasteiger partial charge in [-0.25, -0.2) is 0 Å². The predicted molar refractivity (Wildman–Crippen MR) is 135 cm³/mol. The van der Waals surface area contributed by atoms with Crippen LogP contribution in [0, 0.1) is 5.41 Å². The first-order chi connectivity index (χ1) is 16.3. The second-order valence-corrected chi connectivity index (χ2v) is 12.7. The third-order valence-electron chi connectivity index (χ3n) is 7.60. The molecule has 8 heteroatoms. The van der Waals surface area contributed by atoms with Gasteiger partial charge < -0.3 is 14.6 Å². The van der Waals surface area contributed by atoms with Crippen LogP contribution in [-0.2, 0) is 27.7 Å². The number of rotatable bonds is 2. The molecule has 3 heterocycles. The summed E-state index contributed by atoms with van der Waals surface area (Å²) in [4.78, 5) is 5.11. The number of alkyl halides is 4. The molecule has 4 nitrogen and oxygen atoms in total. The number of hydrogen-bond donors (Lipinski definition) is 1. The summed E-state index contributed by atoms with van der Waals surface area (Å²) in [6.45, 7) is 9.50. The molecule has 1 saturated heterocycles. The van der Waals surface area contributed by atoms with E-state index in [1.807, 2.05) is 0 Å². The molecular weight excluding hydrogens is 570 g/mol. The molecule has 35 heavy (non-hydrogen) atoms. The van der Waals surface area contributed by atoms with Gasteiger partial charge in [-0.2, -0.15) is 13.2 Å². The molecule has 0 radical (unpaired) electrons. The Bertz CT molecular complexity index is 1130. The van der Waals surface area contributed by atoms with E-state index in [2.05, 4.69) is 50.3 Å². The van der Waals surface area contributed by atoms with Crippen LogP contribution < -0.4 is 0 Å². The minimum absolute atomic E-state index is 0.0132. The SMILES string of the molecule is CC(C)c1nc2c(c3c1[C@@H](c1ccc(C(F)(F)F)cc1)OC31CCOCC1I)C(O)CC(C)(C)C2. The van der Waals surface area contributed by atoms with Crippen molar-refractivity contribution < 1.29 is 27.8 Å². The third kappa shape index (κ3) is 4.22. The molecule has 4 atom stereocenters. The fraction of sp³-hybridized carbons (Fsp3) is 0.593. The zero-order chi connectivity index (χ0) is 25.3. The number of hydrogen-bond acceptors (Lipinski definition) is 4. The molecule has 1 spiro atoms. The summed E-state index contributed by atoms with van der Waals surface area (Å²) in [6, 6.07) is 5.27. The van der Waals surface area contributed by atoms with E-state index in [-0.39, 0.29) is 15.3 Å². The minimum atomic E-state index is -4.40. The standard InChI is InChI=1S/C27H31F3INO3/c1-14(2)23-21-22(20-17(32-23)11-25(3,4)12-18(20)33)26(9-10-34-13-19(26)31)35-24(21)15-5-7-16(8-6-15)27(28,29)30/h5-8,14,18-19,24,33H,9-13H2,1-4H3/t18?,19?,24-,26?/m1/s1. The second kappa shape index (κ2) is 8.67. The van der Waals surface area contributed by atoms with Gasteiger partial charge >= 0.3 is 6.18 Å². The Hall–Kier alpha value is -1.23. The van der Waals surface area contributed by atoms with Crippen LogP contribution in [0.2, 0.25) is 0 Å². The zero-order valence-electron chi connectivity index (χ0n) is 20.4. The molecule has 1 aliphatic carbocycles. The lowest BCUT2D eigenvalue weighted by Crippen LogP contribution is -2.45. The van der Waals surface area contributed by atoms with E-state index in [0.29, 0.717) is 31.6 Å². The quantitative estimate of drug-likeness (QED) is 0.305. The molecule has 5 rings (SSSR count). The number of fused-ring (bicyclic) bond motifs is 4. The van der Waals surface area contributed by atoms with Crippen molar-refractivity contribution in [3.63, 3.8) is 0 Å². The number of aromatic nitrogens is 1. The maximum absolute atomic E-state index is 13.3. The van der Waals surface area contributed by atoms with Crippen LogP contribution in [0.25, 0.3) is 0 Å². The van der Waals surface area contributed by atoms with Crippen LogP contribution in [0.4, 0.5) is 13.2 Å². The van der Waals surface area contributed by atoms with Gasteiger partial charge in [0.1, 0.15) is 11.7 Å². The molecule has 3 unspecified atom stereocenters. The van der Waals surface area contributed by atoms with E-state index in [0.717, 1.165) is 46.6 Å². The topological polar surface area (TPSA) is 51.6 Å². The van der Waals surface area contributed by atoms with Crippen molar-refractivity contribution in [2.45, 2.75) is 80.8 Å². The number of pyridine rings is 1. The van der Waals surface area contributed by atoms with Gasteiger partial charge in [-0.15, -0.1) is 0 Å². The fourth-order valence-corrected chi connectivity index (χ4v) is 7.04. The summed E-state index contributed by atoms with van der Waals surface area (Å²) in [5.74, 6) is 0.0828. The summed E-state index contributed by atoms with van der Waals surface area (Å²) in [6.07, 6.45) is -3.62. The van der Waals surface area contributed by atoms with Crippen LogP contribution in [0.1, 0.15) is 97.9 Å². The lowest BCUT2D eigenvalue weighted by molar-refractivity contribution is -0.137. The Kier molecular flexibility index (Phi) is 6.30. The molecule has 1 fully saturated rings. The summed E-state index contributed by atoms with van der Waals surface area (Å²) in [5.41, 5.74) is 3.81. The van der Waals surface area contributed by atoms with Crippen molar-refractivity contribution in [2.75, 3.05) is 13.2 Å². The molecule has 0 saturated carbocycles. The maximum atomic E-state index is 13.3. The van der Waals surface area contributed by atoms with E-state index in [9.17, 15) is 18.3 Å². The van der Waals surface area contributed by atoms with Gasteiger partial charge in [0, 0.05) is 41.1 Å². The highest BCUT2D eigenvalue weighted by Gasteiger charge is 2.55. The first-order valence-corrected chi connectivity index (χ1v) is 13.4. The van der Waals surface area contributed by atoms with Gasteiger partial charge in [0.25, 0.3) is 0 Å². The molecule has 3 aliphatic rings. The number of aliphatic hydroxyl groups is 1. The number of aliphatic hydroxyl groups excluding tert-OH is 1. The van der Waals surface area contributed by atoms with Crippen LogP contribution in [0.3, 0.4) is 0 Å². The zero-order valence-corrected chi connectivity index (χ0v) is 22.5. The summed E-state index contributed by atoms with van der Waals surface area (Å²) >= 11 is 2.37. The summed E-state index contributed by atoms with van der Waals surface area (Å²) in [5, 5.41) is 11.4. The Morgan fingerprint density at radius 1 is 1.14 bits per heavy atom. The van der Waals surface area contributed by atoms with Crippen LogP contribution in [-0.4, -0.2) is 27.2 Å². The average molecular weight is 601 g/mol. The second-order valence-electron chi connectivity index (χ2n) is 11.2. The summed E-state index contributed by atoms with van der Waals surface area (Å²) < 4.78 is 52.4. The fourth-order valence-electron chi connectivity index (χ4n) is 6.02. The smallest absolute Gasteiger partial charge is 0.388 e. The van der Waals surface area contributed by atoms with Crippen molar-refractivity contribution in [1.82, 2.24) is 4.98 Å². The van der Waals surface area contributed by atoms with Gasteiger partial charge in [-0.05, 0) is 41.9 Å². The van der Waals surface area contributed by atoms with Gasteiger partial charge in [-0.1, -0.05) is 62.4 Å². The molecule has 1 aromatic carbocycles. The van der Waals surface area contributed by atoms with E-state index < -0.39 is 29.5 Å². The number of benzene rings is 1. The Labute approximate surface area is 217 Å². The number of nitrogens with zero attached hydrogens (tertiary/aromatic N) is 1. The van der Waals surface area contributed by atoms with Crippen molar-refractivity contribution in [1.29, 1.82) is 0 Å². The van der Waals surface area contributed by atoms with E-state index in [1.54, 1.807) is 0 Å². The molecule has 1 N–H and O–H groups in total. The monoisotopic (exact) mass is 601 g/mol. The first kappa shape index (κ1) is 25.4. The minimum Gasteiger partial charge on any atom is -0.388 e. The highest BCUT2D eigenvalue weighted by Crippen LogP contribution is 2.58. The molecule has 0 bridgehead atoms. The third-order valence-corrected chi connectivity index (χ3v) is 8.96. The van der Waals surface area contributed by atoms with E-state index in [1.165, 1.54) is 12.1 Å². The Balaban J connectivity index is 1.77. The van der Waals surface area contributed by atoms with Gasteiger partial charge in [0.15, 0.2) is 0 Å². The molecule has 0 amide bonds. The highest BCUT2D eigenvalue weighted by molar-refractivity contribution is 14.1. The van der Waals surface area contributed by atoms with Gasteiger partial charge in [0.05, 0.1) is 22.2 Å². The number of halogens is 4. The predicted octanol–water partition coefficient (Wildman–Crippen LogP) is 6.77. The first-order valence-electron chi connectivity index (χ1n) is 12.2. The normalized spacial score (nSPS) is 29.9. The average Bonchev–Trinajstić information content (AvgIpc) is 3.09. The van der Waals surface area contributed by atoms with Gasteiger partial charge in [-0.3, -0.25) is 4.98 Å². The maximum Gasteiger partial charge on any atom is 0.416 e. The van der Waals surface area contributed by atoms with Crippen molar-refractivity contribution >= 4 is 22.6 Å². The Morgan fingerprint density at radius 2 is 1.83 bits per heavy atom.